The molecule has 468 valence electrons. The maximum Gasteiger partial charge on any atom is 0.472 e. The summed E-state index contributed by atoms with van der Waals surface area (Å²) in [7, 11) is 1.50. The Hall–Kier alpha value is -2.29. The first-order valence-corrected chi connectivity index (χ1v) is 35.6. The van der Waals surface area contributed by atoms with Crippen molar-refractivity contribution in [1.82, 2.24) is 5.32 Å². The SMILES string of the molecule is CCCCC/C=C\C/C=C\CCCCCCCCCCCCCCCCCCCC(=O)NC(COP(=O)(O)OCC[N+](C)(C)C)C(/C=C\CCCCCCCCCCCC)OC(=O)CCCCCCCC/C=C/C=C/CCCCC. The second kappa shape index (κ2) is 59.9. The highest BCUT2D eigenvalue weighted by Crippen LogP contribution is 2.43. The second-order valence-electron chi connectivity index (χ2n) is 24.4. The number of unbranched alkanes of at least 4 members (excludes halogenated alkanes) is 39. The van der Waals surface area contributed by atoms with Crippen molar-refractivity contribution in [3.63, 3.8) is 0 Å². The number of carbonyl (C=O) groups excluding carboxylic acids is 2. The van der Waals surface area contributed by atoms with Crippen molar-refractivity contribution in [2.45, 2.75) is 335 Å². The number of hydrogen-bond donors (Lipinski definition) is 2. The second-order valence-corrected chi connectivity index (χ2v) is 25.8. The summed E-state index contributed by atoms with van der Waals surface area (Å²) in [5, 5.41) is 3.07. The fraction of sp³-hybridized carbons (Fsp3) is 0.829. The third-order valence-electron chi connectivity index (χ3n) is 15.2. The summed E-state index contributed by atoms with van der Waals surface area (Å²) in [5.74, 6) is -0.508. The predicted octanol–water partition coefficient (Wildman–Crippen LogP) is 21.4. The molecule has 0 spiro atoms. The number of likely N-dealkylation sites (N-methyl/N-ethyl adjacent to an activating group) is 1. The van der Waals surface area contributed by atoms with E-state index in [9.17, 15) is 19.0 Å². The number of quaternary nitrogens is 1. The van der Waals surface area contributed by atoms with Crippen LogP contribution in [0.4, 0.5) is 0 Å². The quantitative estimate of drug-likeness (QED) is 0.0156. The number of amides is 1. The van der Waals surface area contributed by atoms with Crippen LogP contribution in [0.1, 0.15) is 323 Å². The minimum atomic E-state index is -4.45. The van der Waals surface area contributed by atoms with Crippen molar-refractivity contribution < 1.29 is 37.3 Å². The summed E-state index contributed by atoms with van der Waals surface area (Å²) < 4.78 is 30.8. The lowest BCUT2D eigenvalue weighted by Crippen LogP contribution is -2.47. The van der Waals surface area contributed by atoms with Gasteiger partial charge >= 0.3 is 13.8 Å². The van der Waals surface area contributed by atoms with Gasteiger partial charge in [-0.3, -0.25) is 18.6 Å². The Balaban J connectivity index is 5.01. The van der Waals surface area contributed by atoms with E-state index < -0.39 is 20.0 Å². The molecule has 0 aliphatic heterocycles. The van der Waals surface area contributed by atoms with Gasteiger partial charge in [-0.15, -0.1) is 0 Å². The van der Waals surface area contributed by atoms with Crippen molar-refractivity contribution >= 4 is 19.7 Å². The monoisotopic (exact) mass is 1140 g/mol. The van der Waals surface area contributed by atoms with Crippen molar-refractivity contribution in [2.24, 2.45) is 0 Å². The van der Waals surface area contributed by atoms with E-state index in [4.69, 9.17) is 13.8 Å². The van der Waals surface area contributed by atoms with Crippen molar-refractivity contribution in [1.29, 1.82) is 0 Å². The fourth-order valence-electron chi connectivity index (χ4n) is 9.90. The molecule has 0 aliphatic rings. The summed E-state index contributed by atoms with van der Waals surface area (Å²) in [6, 6.07) is -0.853. The van der Waals surface area contributed by atoms with Gasteiger partial charge in [-0.1, -0.05) is 281 Å². The maximum absolute atomic E-state index is 13.6. The van der Waals surface area contributed by atoms with Gasteiger partial charge in [0.05, 0.1) is 33.8 Å². The number of rotatable bonds is 62. The van der Waals surface area contributed by atoms with Gasteiger partial charge in [0.1, 0.15) is 19.3 Å². The van der Waals surface area contributed by atoms with E-state index in [0.29, 0.717) is 17.4 Å². The number of phosphoric acid groups is 1. The average Bonchev–Trinajstić information content (AvgIpc) is 3.42. The molecule has 0 saturated carbocycles. The topological polar surface area (TPSA) is 111 Å². The van der Waals surface area contributed by atoms with Gasteiger partial charge in [0.2, 0.25) is 5.91 Å². The minimum Gasteiger partial charge on any atom is -0.456 e. The Morgan fingerprint density at radius 3 is 1.23 bits per heavy atom. The average molecular weight is 1140 g/mol. The number of phosphoric ester groups is 1. The molecule has 2 N–H and O–H groups in total. The van der Waals surface area contributed by atoms with E-state index in [1.54, 1.807) is 0 Å². The van der Waals surface area contributed by atoms with Crippen LogP contribution in [-0.2, 0) is 27.9 Å². The number of ether oxygens (including phenoxy) is 1. The van der Waals surface area contributed by atoms with Gasteiger partial charge in [-0.05, 0) is 89.5 Å². The predicted molar refractivity (Wildman–Crippen MR) is 346 cm³/mol. The minimum absolute atomic E-state index is 0.0384. The molecular formula is C70H132N2O7P+. The van der Waals surface area contributed by atoms with Crippen molar-refractivity contribution in [3.05, 3.63) is 60.8 Å². The number of nitrogens with one attached hydrogen (secondary N) is 1. The number of allylic oxidation sites excluding steroid dienone is 9. The van der Waals surface area contributed by atoms with E-state index in [1.807, 2.05) is 33.3 Å². The first-order chi connectivity index (χ1) is 38.9. The van der Waals surface area contributed by atoms with Gasteiger partial charge in [0.15, 0.2) is 0 Å². The summed E-state index contributed by atoms with van der Waals surface area (Å²) >= 11 is 0. The molecule has 1 amide bonds. The van der Waals surface area contributed by atoms with Gasteiger partial charge in [0, 0.05) is 12.8 Å². The Morgan fingerprint density at radius 2 is 0.800 bits per heavy atom. The van der Waals surface area contributed by atoms with Crippen LogP contribution < -0.4 is 5.32 Å². The molecular weight excluding hydrogens is 1010 g/mol. The standard InChI is InChI=1S/C70H131N2O7P/c1-7-10-13-16-19-22-25-28-30-31-32-33-34-35-36-37-38-39-40-41-43-44-47-50-53-56-59-62-69(73)71-67(66-78-80(75,76)77-65-64-72(4,5)6)68(61-58-55-52-49-46-27-24-21-18-15-12-9-3)79-70(74)63-60-57-54-51-48-45-42-29-26-23-20-17-14-11-8-2/h19-20,22-23,26,28-30,58,61,67-68H,7-18,21,24-25,27,31-57,59-60,62-66H2,1-6H3,(H-,71,73,75,76)/p+1/b22-19-,23-20+,29-26+,30-28-,61-58-. The molecule has 0 aromatic heterocycles. The molecule has 0 saturated heterocycles. The fourth-order valence-corrected chi connectivity index (χ4v) is 10.6. The van der Waals surface area contributed by atoms with E-state index >= 15 is 0 Å². The lowest BCUT2D eigenvalue weighted by atomic mass is 10.0. The molecule has 3 unspecified atom stereocenters. The molecule has 0 aromatic rings. The molecule has 0 aliphatic carbocycles. The summed E-state index contributed by atoms with van der Waals surface area (Å²) in [6.45, 7) is 6.98. The van der Waals surface area contributed by atoms with E-state index in [-0.39, 0.29) is 31.5 Å². The van der Waals surface area contributed by atoms with E-state index in [1.165, 1.54) is 205 Å². The maximum atomic E-state index is 13.6. The van der Waals surface area contributed by atoms with Gasteiger partial charge in [0.25, 0.3) is 0 Å². The van der Waals surface area contributed by atoms with Gasteiger partial charge < -0.3 is 19.4 Å². The third-order valence-corrected chi connectivity index (χ3v) is 16.2. The van der Waals surface area contributed by atoms with Crippen LogP contribution in [0, 0.1) is 0 Å². The molecule has 3 atom stereocenters. The van der Waals surface area contributed by atoms with Crippen LogP contribution >= 0.6 is 7.82 Å². The third kappa shape index (κ3) is 60.3. The summed E-state index contributed by atoms with van der Waals surface area (Å²) in [6.07, 6.45) is 76.6. The summed E-state index contributed by atoms with van der Waals surface area (Å²) in [4.78, 5) is 37.8. The molecule has 9 nitrogen and oxygen atoms in total. The molecule has 0 rings (SSSR count). The van der Waals surface area contributed by atoms with Crippen LogP contribution in [0.15, 0.2) is 60.8 Å². The highest BCUT2D eigenvalue weighted by molar-refractivity contribution is 7.47. The van der Waals surface area contributed by atoms with Gasteiger partial charge in [-0.25, -0.2) is 4.57 Å². The molecule has 0 radical (unpaired) electrons. The van der Waals surface area contributed by atoms with Crippen LogP contribution in [0.5, 0.6) is 0 Å². The normalized spacial score (nSPS) is 13.9. The molecule has 10 heteroatoms. The molecule has 0 fully saturated rings. The van der Waals surface area contributed by atoms with Crippen LogP contribution in [0.3, 0.4) is 0 Å². The van der Waals surface area contributed by atoms with Gasteiger partial charge in [-0.2, -0.15) is 0 Å². The zero-order chi connectivity index (χ0) is 58.6. The highest BCUT2D eigenvalue weighted by Gasteiger charge is 2.30. The highest BCUT2D eigenvalue weighted by atomic mass is 31.2. The van der Waals surface area contributed by atoms with E-state index in [2.05, 4.69) is 74.7 Å². The lowest BCUT2D eigenvalue weighted by Gasteiger charge is -2.27. The summed E-state index contributed by atoms with van der Waals surface area (Å²) in [5.41, 5.74) is 0. The molecule has 0 aromatic carbocycles. The zero-order valence-electron chi connectivity index (χ0n) is 53.6. The first kappa shape index (κ1) is 77.7. The number of nitrogens with zero attached hydrogens (tertiary/aromatic N) is 1. The smallest absolute Gasteiger partial charge is 0.456 e. The number of carbonyl (C=O) groups is 2. The van der Waals surface area contributed by atoms with E-state index in [0.717, 1.165) is 83.5 Å². The first-order valence-electron chi connectivity index (χ1n) is 34.1. The molecule has 0 bridgehead atoms. The Bertz CT molecular complexity index is 1550. The van der Waals surface area contributed by atoms with Crippen LogP contribution in [0.2, 0.25) is 0 Å². The number of hydrogen-bond acceptors (Lipinski definition) is 6. The zero-order valence-corrected chi connectivity index (χ0v) is 54.5. The Morgan fingerprint density at radius 1 is 0.450 bits per heavy atom. The number of esters is 1. The van der Waals surface area contributed by atoms with Crippen molar-refractivity contribution in [3.8, 4) is 0 Å². The van der Waals surface area contributed by atoms with Crippen LogP contribution in [-0.4, -0.2) is 74.3 Å². The van der Waals surface area contributed by atoms with Crippen LogP contribution in [0.25, 0.3) is 0 Å². The molecule has 0 heterocycles. The Labute approximate surface area is 496 Å². The lowest BCUT2D eigenvalue weighted by molar-refractivity contribution is -0.870. The van der Waals surface area contributed by atoms with Crippen molar-refractivity contribution in [2.75, 3.05) is 40.9 Å². The Kier molecular flexibility index (Phi) is 58.1. The largest absolute Gasteiger partial charge is 0.472 e. The molecule has 80 heavy (non-hydrogen) atoms.